The van der Waals surface area contributed by atoms with Crippen molar-refractivity contribution in [1.29, 1.82) is 0 Å². The summed E-state index contributed by atoms with van der Waals surface area (Å²) in [4.78, 5) is 12.1. The fraction of sp³-hybridized carbons (Fsp3) is 0.350. The van der Waals surface area contributed by atoms with E-state index in [0.717, 1.165) is 30.0 Å². The lowest BCUT2D eigenvalue weighted by Gasteiger charge is -2.27. The van der Waals surface area contributed by atoms with E-state index < -0.39 is 0 Å². The van der Waals surface area contributed by atoms with Gasteiger partial charge in [0.15, 0.2) is 0 Å². The van der Waals surface area contributed by atoms with E-state index in [1.165, 1.54) is 16.7 Å². The van der Waals surface area contributed by atoms with Crippen LogP contribution in [0.15, 0.2) is 36.4 Å². The van der Waals surface area contributed by atoms with Crippen molar-refractivity contribution in [2.24, 2.45) is 0 Å². The van der Waals surface area contributed by atoms with Gasteiger partial charge in [-0.2, -0.15) is 0 Å². The van der Waals surface area contributed by atoms with Crippen molar-refractivity contribution in [1.82, 2.24) is 0 Å². The van der Waals surface area contributed by atoms with Crippen molar-refractivity contribution in [2.45, 2.75) is 39.5 Å². The van der Waals surface area contributed by atoms with Crippen molar-refractivity contribution < 1.29 is 9.53 Å². The molecule has 2 aromatic rings. The second kappa shape index (κ2) is 6.45. The van der Waals surface area contributed by atoms with Gasteiger partial charge < -0.3 is 10.1 Å². The van der Waals surface area contributed by atoms with Crippen LogP contribution in [0.3, 0.4) is 0 Å². The number of benzene rings is 2. The summed E-state index contributed by atoms with van der Waals surface area (Å²) < 4.78 is 5.64. The maximum Gasteiger partial charge on any atom is 0.225 e. The highest BCUT2D eigenvalue weighted by molar-refractivity contribution is 5.95. The zero-order valence-electron chi connectivity index (χ0n) is 14.0. The van der Waals surface area contributed by atoms with E-state index >= 15 is 0 Å². The van der Waals surface area contributed by atoms with Crippen LogP contribution in [0, 0.1) is 13.8 Å². The number of ether oxygens (including phenoxy) is 1. The van der Waals surface area contributed by atoms with Gasteiger partial charge in [-0.25, -0.2) is 0 Å². The highest BCUT2D eigenvalue weighted by atomic mass is 16.5. The van der Waals surface area contributed by atoms with Crippen LogP contribution in [0.4, 0.5) is 5.69 Å². The minimum Gasteiger partial charge on any atom is -0.494 e. The predicted octanol–water partition coefficient (Wildman–Crippen LogP) is 4.57. The summed E-state index contributed by atoms with van der Waals surface area (Å²) in [7, 11) is 0. The first kappa shape index (κ1) is 15.6. The molecule has 0 saturated carbocycles. The zero-order valence-corrected chi connectivity index (χ0v) is 14.0. The predicted molar refractivity (Wildman–Crippen MR) is 93.2 cm³/mol. The van der Waals surface area contributed by atoms with Gasteiger partial charge in [0, 0.05) is 18.0 Å². The number of fused-ring (bicyclic) bond motifs is 1. The molecule has 1 amide bonds. The molecule has 0 fully saturated rings. The SMILES string of the molecule is CCCOc1ccc([C@@H]2CC(=O)Nc3cc(C)c(C)cc32)cc1. The van der Waals surface area contributed by atoms with E-state index in [1.807, 2.05) is 12.1 Å². The number of carbonyl (C=O) groups is 1. The highest BCUT2D eigenvalue weighted by Crippen LogP contribution is 2.38. The Morgan fingerprint density at radius 1 is 1.13 bits per heavy atom. The Labute approximate surface area is 137 Å². The molecular weight excluding hydrogens is 286 g/mol. The van der Waals surface area contributed by atoms with Crippen molar-refractivity contribution >= 4 is 11.6 Å². The average Bonchev–Trinajstić information content (AvgIpc) is 2.54. The second-order valence-electron chi connectivity index (χ2n) is 6.25. The molecule has 0 aliphatic carbocycles. The number of rotatable bonds is 4. The number of amides is 1. The first-order valence-electron chi connectivity index (χ1n) is 8.22. The van der Waals surface area contributed by atoms with E-state index in [0.29, 0.717) is 6.42 Å². The lowest BCUT2D eigenvalue weighted by molar-refractivity contribution is -0.116. The molecule has 1 aliphatic rings. The molecule has 3 rings (SSSR count). The second-order valence-corrected chi connectivity index (χ2v) is 6.25. The quantitative estimate of drug-likeness (QED) is 0.898. The standard InChI is InChI=1S/C20H23NO2/c1-4-9-23-16-7-5-15(6-8-16)17-12-20(22)21-19-11-14(3)13(2)10-18(17)19/h5-8,10-11,17H,4,9,12H2,1-3H3,(H,21,22)/t17-/m0/s1. The molecule has 1 N–H and O–H groups in total. The summed E-state index contributed by atoms with van der Waals surface area (Å²) in [6, 6.07) is 12.4. The maximum atomic E-state index is 12.1. The number of aryl methyl sites for hydroxylation is 2. The normalized spacial score (nSPS) is 16.7. The van der Waals surface area contributed by atoms with Gasteiger partial charge in [0.05, 0.1) is 6.61 Å². The molecule has 0 saturated heterocycles. The zero-order chi connectivity index (χ0) is 16.4. The van der Waals surface area contributed by atoms with Crippen LogP contribution in [0.25, 0.3) is 0 Å². The van der Waals surface area contributed by atoms with Gasteiger partial charge in [-0.05, 0) is 60.7 Å². The molecule has 120 valence electrons. The molecule has 1 heterocycles. The molecule has 0 radical (unpaired) electrons. The van der Waals surface area contributed by atoms with Gasteiger partial charge in [-0.3, -0.25) is 4.79 Å². The highest BCUT2D eigenvalue weighted by Gasteiger charge is 2.27. The molecule has 0 bridgehead atoms. The third-order valence-corrected chi connectivity index (χ3v) is 4.46. The van der Waals surface area contributed by atoms with Gasteiger partial charge in [0.25, 0.3) is 0 Å². The van der Waals surface area contributed by atoms with Gasteiger partial charge in [-0.15, -0.1) is 0 Å². The summed E-state index contributed by atoms with van der Waals surface area (Å²) in [6.45, 7) is 7.01. The summed E-state index contributed by atoms with van der Waals surface area (Å²) in [6.07, 6.45) is 1.49. The fourth-order valence-corrected chi connectivity index (χ4v) is 3.05. The number of hydrogen-bond donors (Lipinski definition) is 1. The number of anilines is 1. The van der Waals surface area contributed by atoms with Crippen LogP contribution in [0.2, 0.25) is 0 Å². The van der Waals surface area contributed by atoms with Crippen LogP contribution in [0.1, 0.15) is 47.9 Å². The third kappa shape index (κ3) is 3.24. The van der Waals surface area contributed by atoms with E-state index in [-0.39, 0.29) is 11.8 Å². The summed E-state index contributed by atoms with van der Waals surface area (Å²) >= 11 is 0. The van der Waals surface area contributed by atoms with Crippen LogP contribution in [-0.4, -0.2) is 12.5 Å². The largest absolute Gasteiger partial charge is 0.494 e. The Morgan fingerprint density at radius 3 is 2.52 bits per heavy atom. The maximum absolute atomic E-state index is 12.1. The van der Waals surface area contributed by atoms with Gasteiger partial charge in [-0.1, -0.05) is 25.1 Å². The lowest BCUT2D eigenvalue weighted by atomic mass is 9.83. The average molecular weight is 309 g/mol. The minimum absolute atomic E-state index is 0.0806. The number of carbonyl (C=O) groups excluding carboxylic acids is 1. The van der Waals surface area contributed by atoms with Crippen molar-refractivity contribution in [3.63, 3.8) is 0 Å². The molecule has 3 nitrogen and oxygen atoms in total. The number of hydrogen-bond acceptors (Lipinski definition) is 2. The molecule has 0 aromatic heterocycles. The van der Waals surface area contributed by atoms with Crippen molar-refractivity contribution in [3.8, 4) is 5.75 Å². The van der Waals surface area contributed by atoms with Crippen LogP contribution < -0.4 is 10.1 Å². The number of nitrogens with one attached hydrogen (secondary N) is 1. The molecule has 1 atom stereocenters. The van der Waals surface area contributed by atoms with E-state index in [1.54, 1.807) is 0 Å². The molecule has 3 heteroatoms. The topological polar surface area (TPSA) is 38.3 Å². The summed E-state index contributed by atoms with van der Waals surface area (Å²) in [5, 5.41) is 3.00. The summed E-state index contributed by atoms with van der Waals surface area (Å²) in [5.41, 5.74) is 5.77. The van der Waals surface area contributed by atoms with Crippen LogP contribution in [-0.2, 0) is 4.79 Å². The molecular formula is C20H23NO2. The molecule has 2 aromatic carbocycles. The summed E-state index contributed by atoms with van der Waals surface area (Å²) in [5.74, 6) is 1.08. The van der Waals surface area contributed by atoms with E-state index in [4.69, 9.17) is 4.74 Å². The van der Waals surface area contributed by atoms with Gasteiger partial charge in [0.1, 0.15) is 5.75 Å². The Bertz CT molecular complexity index is 719. The van der Waals surface area contributed by atoms with Gasteiger partial charge in [0.2, 0.25) is 5.91 Å². The van der Waals surface area contributed by atoms with E-state index in [2.05, 4.69) is 50.4 Å². The molecule has 23 heavy (non-hydrogen) atoms. The lowest BCUT2D eigenvalue weighted by Crippen LogP contribution is -2.23. The monoisotopic (exact) mass is 309 g/mol. The first-order valence-corrected chi connectivity index (χ1v) is 8.22. The van der Waals surface area contributed by atoms with Gasteiger partial charge >= 0.3 is 0 Å². The van der Waals surface area contributed by atoms with Crippen LogP contribution in [0.5, 0.6) is 5.75 Å². The van der Waals surface area contributed by atoms with Crippen molar-refractivity contribution in [2.75, 3.05) is 11.9 Å². The molecule has 0 spiro atoms. The van der Waals surface area contributed by atoms with Crippen molar-refractivity contribution in [3.05, 3.63) is 58.7 Å². The fourth-order valence-electron chi connectivity index (χ4n) is 3.05. The van der Waals surface area contributed by atoms with Crippen LogP contribution >= 0.6 is 0 Å². The Kier molecular flexibility index (Phi) is 4.37. The first-order chi connectivity index (χ1) is 11.1. The van der Waals surface area contributed by atoms with E-state index in [9.17, 15) is 4.79 Å². The third-order valence-electron chi connectivity index (χ3n) is 4.46. The Balaban J connectivity index is 1.94. The minimum atomic E-state index is 0.0806. The molecule has 1 aliphatic heterocycles. The Hall–Kier alpha value is -2.29. The molecule has 0 unspecified atom stereocenters. The Morgan fingerprint density at radius 2 is 1.83 bits per heavy atom. The smallest absolute Gasteiger partial charge is 0.225 e.